The van der Waals surface area contributed by atoms with Crippen molar-refractivity contribution >= 4 is 0 Å². The Kier molecular flexibility index (Phi) is 1.31. The minimum Gasteiger partial charge on any atom is -0.365 e. The van der Waals surface area contributed by atoms with Gasteiger partial charge in [-0.3, -0.25) is 0 Å². The minimum absolute atomic E-state index is 0.505. The molecule has 0 amide bonds. The molecule has 2 rings (SSSR count). The molecule has 50 valence electrons. The molecule has 1 heterocycles. The zero-order chi connectivity index (χ0) is 6.10. The van der Waals surface area contributed by atoms with E-state index in [1.807, 2.05) is 0 Å². The summed E-state index contributed by atoms with van der Waals surface area (Å²) in [4.78, 5) is 0. The summed E-state index contributed by atoms with van der Waals surface area (Å²) in [6.45, 7) is 0. The molecule has 0 saturated carbocycles. The summed E-state index contributed by atoms with van der Waals surface area (Å²) in [7, 11) is 0. The Hall–Kier alpha value is -0.300. The van der Waals surface area contributed by atoms with Gasteiger partial charge in [0.1, 0.15) is 6.10 Å². The molecule has 0 N–H and O–H groups in total. The van der Waals surface area contributed by atoms with Crippen LogP contribution in [0.1, 0.15) is 25.7 Å². The molecule has 1 heteroatoms. The number of rotatable bonds is 0. The van der Waals surface area contributed by atoms with Crippen LogP contribution >= 0.6 is 0 Å². The smallest absolute Gasteiger partial charge is 0.102 e. The van der Waals surface area contributed by atoms with Gasteiger partial charge < -0.3 is 4.74 Å². The topological polar surface area (TPSA) is 12.5 Å². The molecule has 9 heavy (non-hydrogen) atoms. The van der Waals surface area contributed by atoms with Crippen LogP contribution in [0.4, 0.5) is 0 Å². The summed E-state index contributed by atoms with van der Waals surface area (Å²) < 4.78 is 5.35. The number of ether oxygens (including phenoxy) is 1. The molecular formula is C8H12O. The van der Waals surface area contributed by atoms with E-state index < -0.39 is 0 Å². The van der Waals surface area contributed by atoms with Crippen molar-refractivity contribution < 1.29 is 4.74 Å². The van der Waals surface area contributed by atoms with Gasteiger partial charge in [0.05, 0.1) is 6.10 Å². The van der Waals surface area contributed by atoms with E-state index in [9.17, 15) is 0 Å². The van der Waals surface area contributed by atoms with E-state index in [0.29, 0.717) is 12.2 Å². The predicted molar refractivity (Wildman–Crippen MR) is 36.3 cm³/mol. The highest BCUT2D eigenvalue weighted by Crippen LogP contribution is 2.30. The molecule has 2 atom stereocenters. The molecule has 0 spiro atoms. The lowest BCUT2D eigenvalue weighted by Gasteiger charge is -1.96. The van der Waals surface area contributed by atoms with Crippen LogP contribution in [0.2, 0.25) is 0 Å². The first-order chi connectivity index (χ1) is 4.47. The van der Waals surface area contributed by atoms with E-state index in [4.69, 9.17) is 4.74 Å². The first-order valence-corrected chi connectivity index (χ1v) is 3.79. The van der Waals surface area contributed by atoms with Gasteiger partial charge in [-0.2, -0.15) is 0 Å². The van der Waals surface area contributed by atoms with Gasteiger partial charge in [0.25, 0.3) is 0 Å². The first kappa shape index (κ1) is 5.48. The Labute approximate surface area is 55.7 Å². The van der Waals surface area contributed by atoms with Crippen LogP contribution in [-0.4, -0.2) is 12.2 Å². The quantitative estimate of drug-likeness (QED) is 0.355. The molecule has 0 aromatic heterocycles. The van der Waals surface area contributed by atoms with Crippen molar-refractivity contribution in [3.8, 4) is 0 Å². The zero-order valence-corrected chi connectivity index (χ0v) is 5.55. The Morgan fingerprint density at radius 3 is 3.33 bits per heavy atom. The molecule has 0 aromatic carbocycles. The fourth-order valence-corrected chi connectivity index (χ4v) is 1.40. The molecular weight excluding hydrogens is 112 g/mol. The van der Waals surface area contributed by atoms with Crippen LogP contribution < -0.4 is 0 Å². The van der Waals surface area contributed by atoms with Crippen molar-refractivity contribution in [1.29, 1.82) is 0 Å². The fraction of sp³-hybridized carbons (Fsp3) is 0.750. The average Bonchev–Trinajstić information content (AvgIpc) is 2.46. The van der Waals surface area contributed by atoms with E-state index in [-0.39, 0.29) is 0 Å². The van der Waals surface area contributed by atoms with Crippen LogP contribution in [-0.2, 0) is 4.74 Å². The molecule has 1 saturated heterocycles. The Balaban J connectivity index is 1.95. The highest BCUT2D eigenvalue weighted by Gasteiger charge is 2.35. The SMILES string of the molecule is C1=C\[C@H]2O[C@H]2CCCC/1. The lowest BCUT2D eigenvalue weighted by molar-refractivity contribution is 0.376. The van der Waals surface area contributed by atoms with Crippen molar-refractivity contribution in [2.75, 3.05) is 0 Å². The molecule has 1 fully saturated rings. The van der Waals surface area contributed by atoms with Gasteiger partial charge in [-0.15, -0.1) is 0 Å². The van der Waals surface area contributed by atoms with Gasteiger partial charge in [0.2, 0.25) is 0 Å². The molecule has 0 bridgehead atoms. The first-order valence-electron chi connectivity index (χ1n) is 3.79. The summed E-state index contributed by atoms with van der Waals surface area (Å²) in [5, 5.41) is 0. The average molecular weight is 124 g/mol. The van der Waals surface area contributed by atoms with Crippen molar-refractivity contribution in [3.05, 3.63) is 12.2 Å². The summed E-state index contributed by atoms with van der Waals surface area (Å²) in [6, 6.07) is 0. The lowest BCUT2D eigenvalue weighted by Crippen LogP contribution is -1.92. The van der Waals surface area contributed by atoms with E-state index in [2.05, 4.69) is 12.2 Å². The third kappa shape index (κ3) is 1.16. The molecule has 1 aliphatic heterocycles. The summed E-state index contributed by atoms with van der Waals surface area (Å²) in [5.41, 5.74) is 0. The monoisotopic (exact) mass is 124 g/mol. The summed E-state index contributed by atoms with van der Waals surface area (Å²) in [6.07, 6.45) is 10.8. The number of epoxide rings is 1. The Morgan fingerprint density at radius 1 is 1.33 bits per heavy atom. The Bertz CT molecular complexity index is 129. The standard InChI is InChI=1S/C8H12O/c1-2-4-6-8-7(9-8)5-3-1/h3,5,7-8H,1-2,4,6H2/b5-3-/t7-,8+/m1/s1. The molecule has 0 aromatic rings. The molecule has 0 unspecified atom stereocenters. The van der Waals surface area contributed by atoms with Gasteiger partial charge in [0, 0.05) is 0 Å². The third-order valence-electron chi connectivity index (χ3n) is 2.06. The van der Waals surface area contributed by atoms with E-state index >= 15 is 0 Å². The maximum atomic E-state index is 5.35. The van der Waals surface area contributed by atoms with E-state index in [1.165, 1.54) is 25.7 Å². The van der Waals surface area contributed by atoms with Crippen molar-refractivity contribution in [3.63, 3.8) is 0 Å². The fourth-order valence-electron chi connectivity index (χ4n) is 1.40. The lowest BCUT2D eigenvalue weighted by atomic mass is 10.1. The van der Waals surface area contributed by atoms with E-state index in [1.54, 1.807) is 0 Å². The Morgan fingerprint density at radius 2 is 2.33 bits per heavy atom. The van der Waals surface area contributed by atoms with Crippen LogP contribution in [0.15, 0.2) is 12.2 Å². The highest BCUT2D eigenvalue weighted by atomic mass is 16.6. The number of fused-ring (bicyclic) bond motifs is 1. The van der Waals surface area contributed by atoms with Crippen molar-refractivity contribution in [1.82, 2.24) is 0 Å². The second-order valence-electron chi connectivity index (χ2n) is 2.85. The zero-order valence-electron chi connectivity index (χ0n) is 5.55. The molecule has 1 aliphatic carbocycles. The predicted octanol–water partition coefficient (Wildman–Crippen LogP) is 1.88. The summed E-state index contributed by atoms with van der Waals surface area (Å²) >= 11 is 0. The highest BCUT2D eigenvalue weighted by molar-refractivity contribution is 5.03. The molecule has 2 aliphatic rings. The van der Waals surface area contributed by atoms with Crippen LogP contribution in [0, 0.1) is 0 Å². The second kappa shape index (κ2) is 2.14. The van der Waals surface area contributed by atoms with E-state index in [0.717, 1.165) is 0 Å². The van der Waals surface area contributed by atoms with Gasteiger partial charge in [-0.25, -0.2) is 0 Å². The number of allylic oxidation sites excluding steroid dienone is 1. The maximum Gasteiger partial charge on any atom is 0.102 e. The normalized spacial score (nSPS) is 44.4. The number of hydrogen-bond acceptors (Lipinski definition) is 1. The van der Waals surface area contributed by atoms with Gasteiger partial charge in [-0.1, -0.05) is 18.6 Å². The van der Waals surface area contributed by atoms with Gasteiger partial charge in [-0.05, 0) is 19.3 Å². The molecule has 1 nitrogen and oxygen atoms in total. The van der Waals surface area contributed by atoms with Crippen molar-refractivity contribution in [2.45, 2.75) is 37.9 Å². The second-order valence-corrected chi connectivity index (χ2v) is 2.85. The maximum absolute atomic E-state index is 5.35. The molecule has 0 radical (unpaired) electrons. The van der Waals surface area contributed by atoms with Crippen LogP contribution in [0.3, 0.4) is 0 Å². The van der Waals surface area contributed by atoms with Crippen LogP contribution in [0.25, 0.3) is 0 Å². The number of hydrogen-bond donors (Lipinski definition) is 0. The van der Waals surface area contributed by atoms with Crippen molar-refractivity contribution in [2.24, 2.45) is 0 Å². The minimum atomic E-state index is 0.505. The third-order valence-corrected chi connectivity index (χ3v) is 2.06. The van der Waals surface area contributed by atoms with Gasteiger partial charge in [0.15, 0.2) is 0 Å². The summed E-state index contributed by atoms with van der Waals surface area (Å²) in [5.74, 6) is 0. The largest absolute Gasteiger partial charge is 0.365 e. The van der Waals surface area contributed by atoms with Crippen LogP contribution in [0.5, 0.6) is 0 Å². The van der Waals surface area contributed by atoms with Gasteiger partial charge >= 0.3 is 0 Å².